The first kappa shape index (κ1) is 10.2. The van der Waals surface area contributed by atoms with E-state index < -0.39 is 0 Å². The zero-order chi connectivity index (χ0) is 9.05. The van der Waals surface area contributed by atoms with Gasteiger partial charge in [0.1, 0.15) is 0 Å². The van der Waals surface area contributed by atoms with Crippen LogP contribution in [-0.4, -0.2) is 25.2 Å². The van der Waals surface area contributed by atoms with Gasteiger partial charge in [0.15, 0.2) is 0 Å². The third-order valence-corrected chi connectivity index (χ3v) is 4.10. The molecule has 1 N–H and O–H groups in total. The first-order valence-electron chi connectivity index (χ1n) is 5.11. The molecular formula is C10H16ClNO2. The van der Waals surface area contributed by atoms with Gasteiger partial charge in [-0.1, -0.05) is 0 Å². The molecule has 3 rings (SSSR count). The van der Waals surface area contributed by atoms with Crippen LogP contribution >= 0.6 is 12.4 Å². The van der Waals surface area contributed by atoms with E-state index in [2.05, 4.69) is 5.32 Å². The Balaban J connectivity index is 0.000000750. The molecule has 2 heterocycles. The molecule has 3 nitrogen and oxygen atoms in total. The van der Waals surface area contributed by atoms with Crippen LogP contribution in [0.1, 0.15) is 25.7 Å². The Morgan fingerprint density at radius 3 is 2.93 bits per heavy atom. The lowest BCUT2D eigenvalue weighted by molar-refractivity contribution is -0.148. The number of hydrogen-bond donors (Lipinski definition) is 1. The van der Waals surface area contributed by atoms with Crippen molar-refractivity contribution in [2.45, 2.75) is 37.8 Å². The van der Waals surface area contributed by atoms with E-state index in [9.17, 15) is 4.79 Å². The fraction of sp³-hybridized carbons (Fsp3) is 0.900. The van der Waals surface area contributed by atoms with Crippen LogP contribution in [0.3, 0.4) is 0 Å². The van der Waals surface area contributed by atoms with Crippen molar-refractivity contribution in [3.05, 3.63) is 0 Å². The molecule has 0 spiro atoms. The second-order valence-corrected chi connectivity index (χ2v) is 4.71. The number of halogens is 1. The molecule has 0 unspecified atom stereocenters. The van der Waals surface area contributed by atoms with Crippen molar-refractivity contribution in [3.8, 4) is 0 Å². The van der Waals surface area contributed by atoms with E-state index in [-0.39, 0.29) is 23.8 Å². The van der Waals surface area contributed by atoms with Crippen LogP contribution in [0, 0.1) is 11.3 Å². The molecule has 1 saturated carbocycles. The number of piperidine rings is 1. The summed E-state index contributed by atoms with van der Waals surface area (Å²) in [6.07, 6.45) is 4.59. The zero-order valence-corrected chi connectivity index (χ0v) is 9.10. The Morgan fingerprint density at radius 1 is 1.43 bits per heavy atom. The van der Waals surface area contributed by atoms with Crippen molar-refractivity contribution in [1.82, 2.24) is 5.32 Å². The predicted octanol–water partition coefficient (Wildman–Crippen LogP) is 1.11. The lowest BCUT2D eigenvalue weighted by Crippen LogP contribution is -2.42. The van der Waals surface area contributed by atoms with Crippen molar-refractivity contribution in [3.63, 3.8) is 0 Å². The number of rotatable bonds is 1. The molecule has 0 radical (unpaired) electrons. The molecule has 0 aromatic heterocycles. The number of methoxy groups -OCH3 is 1. The summed E-state index contributed by atoms with van der Waals surface area (Å²) >= 11 is 0. The van der Waals surface area contributed by atoms with Gasteiger partial charge in [0, 0.05) is 12.1 Å². The second-order valence-electron chi connectivity index (χ2n) is 4.71. The number of nitrogens with one attached hydrogen (secondary N) is 1. The second kappa shape index (κ2) is 3.11. The fourth-order valence-corrected chi connectivity index (χ4v) is 3.39. The van der Waals surface area contributed by atoms with Gasteiger partial charge in [0.25, 0.3) is 0 Å². The molecule has 14 heavy (non-hydrogen) atoms. The van der Waals surface area contributed by atoms with Crippen molar-refractivity contribution in [2.24, 2.45) is 11.3 Å². The maximum Gasteiger partial charge on any atom is 0.312 e. The molecule has 2 bridgehead atoms. The Hall–Kier alpha value is -0.280. The first-order chi connectivity index (χ1) is 6.26. The highest BCUT2D eigenvalue weighted by Crippen LogP contribution is 2.63. The third-order valence-electron chi connectivity index (χ3n) is 4.10. The standard InChI is InChI=1S/C10H15NO2.ClH/c1-13-9(12)10-4-6-2-3-8(11-6)7(10)5-10;/h6-8,11H,2-5H2,1H3;1H/t6-,7+,8+,10-;/m1./s1. The topological polar surface area (TPSA) is 38.3 Å². The molecule has 3 fully saturated rings. The first-order valence-corrected chi connectivity index (χ1v) is 5.11. The van der Waals surface area contributed by atoms with Gasteiger partial charge in [-0.2, -0.15) is 0 Å². The number of esters is 1. The Labute approximate surface area is 90.0 Å². The van der Waals surface area contributed by atoms with Gasteiger partial charge in [0.2, 0.25) is 0 Å². The van der Waals surface area contributed by atoms with Crippen LogP contribution in [0.5, 0.6) is 0 Å². The van der Waals surface area contributed by atoms with Crippen LogP contribution in [0.25, 0.3) is 0 Å². The molecule has 0 aromatic rings. The van der Waals surface area contributed by atoms with E-state index in [0.717, 1.165) is 12.8 Å². The Morgan fingerprint density at radius 2 is 2.21 bits per heavy atom. The molecule has 4 heteroatoms. The molecule has 80 valence electrons. The van der Waals surface area contributed by atoms with Crippen molar-refractivity contribution in [1.29, 1.82) is 0 Å². The summed E-state index contributed by atoms with van der Waals surface area (Å²) in [6, 6.07) is 1.20. The molecule has 3 aliphatic rings. The van der Waals surface area contributed by atoms with E-state index in [1.165, 1.54) is 20.0 Å². The maximum absolute atomic E-state index is 11.6. The minimum Gasteiger partial charge on any atom is -0.469 e. The van der Waals surface area contributed by atoms with Gasteiger partial charge >= 0.3 is 5.97 Å². The normalized spacial score (nSPS) is 47.6. The highest BCUT2D eigenvalue weighted by atomic mass is 35.5. The van der Waals surface area contributed by atoms with E-state index in [0.29, 0.717) is 18.0 Å². The Kier molecular flexibility index (Phi) is 2.27. The molecular weight excluding hydrogens is 202 g/mol. The van der Waals surface area contributed by atoms with Gasteiger partial charge in [-0.3, -0.25) is 4.79 Å². The van der Waals surface area contributed by atoms with Crippen LogP contribution in [-0.2, 0) is 9.53 Å². The monoisotopic (exact) mass is 217 g/mol. The minimum absolute atomic E-state index is 0. The van der Waals surface area contributed by atoms with Crippen LogP contribution in [0.2, 0.25) is 0 Å². The summed E-state index contributed by atoms with van der Waals surface area (Å²) in [5.74, 6) is 0.620. The lowest BCUT2D eigenvalue weighted by atomic mass is 9.91. The average molecular weight is 218 g/mol. The number of hydrogen-bond acceptors (Lipinski definition) is 3. The van der Waals surface area contributed by atoms with Crippen LogP contribution in [0.15, 0.2) is 0 Å². The van der Waals surface area contributed by atoms with Gasteiger partial charge in [-0.05, 0) is 31.6 Å². The van der Waals surface area contributed by atoms with E-state index in [4.69, 9.17) is 4.74 Å². The lowest BCUT2D eigenvalue weighted by Gasteiger charge is -2.26. The summed E-state index contributed by atoms with van der Waals surface area (Å²) in [5.41, 5.74) is -0.0637. The van der Waals surface area contributed by atoms with Gasteiger partial charge < -0.3 is 10.1 Å². The van der Waals surface area contributed by atoms with Crippen LogP contribution < -0.4 is 5.32 Å². The highest BCUT2D eigenvalue weighted by molar-refractivity contribution is 5.85. The minimum atomic E-state index is -0.0637. The number of carbonyl (C=O) groups is 1. The molecule has 2 aliphatic heterocycles. The SMILES string of the molecule is COC(=O)[C@@]12C[C@H]3CC[C@H](N3)[C@@H]1C2.Cl. The smallest absolute Gasteiger partial charge is 0.312 e. The van der Waals surface area contributed by atoms with Crippen molar-refractivity contribution < 1.29 is 9.53 Å². The third kappa shape index (κ3) is 1.12. The van der Waals surface area contributed by atoms with Crippen molar-refractivity contribution >= 4 is 18.4 Å². The largest absolute Gasteiger partial charge is 0.469 e. The van der Waals surface area contributed by atoms with Gasteiger partial charge in [0.05, 0.1) is 12.5 Å². The molecule has 4 atom stereocenters. The number of carbonyl (C=O) groups excluding carboxylic acids is 1. The number of ether oxygens (including phenoxy) is 1. The summed E-state index contributed by atoms with van der Waals surface area (Å²) in [5, 5.41) is 3.58. The molecule has 0 amide bonds. The van der Waals surface area contributed by atoms with E-state index >= 15 is 0 Å². The summed E-state index contributed by atoms with van der Waals surface area (Å²) in [6.45, 7) is 0. The average Bonchev–Trinajstić information content (AvgIpc) is 2.76. The maximum atomic E-state index is 11.6. The quantitative estimate of drug-likeness (QED) is 0.669. The van der Waals surface area contributed by atoms with Crippen molar-refractivity contribution in [2.75, 3.05) is 7.11 Å². The Bertz CT molecular complexity index is 271. The fourth-order valence-electron chi connectivity index (χ4n) is 3.39. The molecule has 1 aliphatic carbocycles. The highest BCUT2D eigenvalue weighted by Gasteiger charge is 2.67. The predicted molar refractivity (Wildman–Crippen MR) is 54.4 cm³/mol. The summed E-state index contributed by atoms with van der Waals surface area (Å²) in [4.78, 5) is 11.6. The van der Waals surface area contributed by atoms with Gasteiger partial charge in [-0.15, -0.1) is 12.4 Å². The number of fused-ring (bicyclic) bond motifs is 4. The van der Waals surface area contributed by atoms with E-state index in [1.807, 2.05) is 0 Å². The summed E-state index contributed by atoms with van der Waals surface area (Å²) < 4.78 is 4.89. The van der Waals surface area contributed by atoms with Crippen LogP contribution in [0.4, 0.5) is 0 Å². The summed E-state index contributed by atoms with van der Waals surface area (Å²) in [7, 11) is 1.51. The van der Waals surface area contributed by atoms with E-state index in [1.54, 1.807) is 0 Å². The van der Waals surface area contributed by atoms with Gasteiger partial charge in [-0.25, -0.2) is 0 Å². The molecule has 2 saturated heterocycles. The zero-order valence-electron chi connectivity index (χ0n) is 8.29. The molecule has 0 aromatic carbocycles.